The van der Waals surface area contributed by atoms with Gasteiger partial charge in [0.2, 0.25) is 0 Å². The maximum absolute atomic E-state index is 2.26. The first-order valence-corrected chi connectivity index (χ1v) is 8.63. The van der Waals surface area contributed by atoms with Crippen molar-refractivity contribution in [3.63, 3.8) is 0 Å². The second kappa shape index (κ2) is 15.2. The third-order valence-corrected chi connectivity index (χ3v) is 4.93. The van der Waals surface area contributed by atoms with Crippen molar-refractivity contribution in [1.82, 2.24) is 0 Å². The van der Waals surface area contributed by atoms with E-state index in [0.29, 0.717) is 0 Å². The molecule has 0 aliphatic rings. The molecule has 4 aromatic carbocycles. The molecule has 0 N–H and O–H groups in total. The average molecular weight is 535 g/mol. The Morgan fingerprint density at radius 2 is 0.800 bits per heavy atom. The normalized spacial score (nSPS) is 8.73. The van der Waals surface area contributed by atoms with E-state index < -0.39 is 0 Å². The van der Waals surface area contributed by atoms with E-state index in [1.54, 1.807) is 0 Å². The van der Waals surface area contributed by atoms with Crippen LogP contribution in [0.3, 0.4) is 0 Å². The van der Waals surface area contributed by atoms with Crippen molar-refractivity contribution in [3.05, 3.63) is 96.8 Å². The molecule has 0 fully saturated rings. The fourth-order valence-corrected chi connectivity index (χ4v) is 3.47. The molecule has 30 heavy (non-hydrogen) atoms. The Morgan fingerprint density at radius 1 is 0.533 bits per heavy atom. The van der Waals surface area contributed by atoms with E-state index >= 15 is 0 Å². The average Bonchev–Trinajstić information content (AvgIpc) is 3.12. The van der Waals surface area contributed by atoms with Crippen molar-refractivity contribution >= 4 is 32.5 Å². The molecular weight excluding hydrogens is 503 g/mol. The molecule has 0 heterocycles. The number of halogens is 2. The summed E-state index contributed by atoms with van der Waals surface area (Å²) in [6.07, 6.45) is 0. The number of rotatable bonds is 0. The second-order valence-corrected chi connectivity index (χ2v) is 7.12. The van der Waals surface area contributed by atoms with Crippen molar-refractivity contribution in [2.45, 2.75) is 41.5 Å². The summed E-state index contributed by atoms with van der Waals surface area (Å²) in [6, 6.07) is 17.8. The van der Waals surface area contributed by atoms with Gasteiger partial charge in [0.05, 0.1) is 0 Å². The Labute approximate surface area is 220 Å². The van der Waals surface area contributed by atoms with Crippen LogP contribution < -0.4 is 24.8 Å². The van der Waals surface area contributed by atoms with E-state index in [2.05, 4.69) is 90.1 Å². The predicted octanol–water partition coefficient (Wildman–Crippen LogP) is 1.49. The van der Waals surface area contributed by atoms with Crippen LogP contribution in [0.1, 0.15) is 33.4 Å². The molecule has 0 saturated heterocycles. The maximum atomic E-state index is 2.26. The van der Waals surface area contributed by atoms with Crippen LogP contribution in [0.25, 0.3) is 21.5 Å². The molecular formula is C26H32Cl2SiZr-4. The first kappa shape index (κ1) is 36.7. The van der Waals surface area contributed by atoms with Crippen LogP contribution in [-0.4, -0.2) is 11.0 Å². The van der Waals surface area contributed by atoms with Gasteiger partial charge in [0, 0.05) is 11.0 Å². The fourth-order valence-electron chi connectivity index (χ4n) is 3.47. The van der Waals surface area contributed by atoms with Crippen LogP contribution in [0.5, 0.6) is 0 Å². The van der Waals surface area contributed by atoms with Gasteiger partial charge in [-0.05, 0) is 13.8 Å². The number of fused-ring (bicyclic) bond motifs is 2. The minimum atomic E-state index is 0. The van der Waals surface area contributed by atoms with Gasteiger partial charge in [0.25, 0.3) is 0 Å². The van der Waals surface area contributed by atoms with Crippen LogP contribution in [0.2, 0.25) is 0 Å². The molecule has 0 aromatic heterocycles. The molecule has 4 rings (SSSR count). The van der Waals surface area contributed by atoms with Gasteiger partial charge in [-0.2, -0.15) is 12.1 Å². The predicted molar refractivity (Wildman–Crippen MR) is 126 cm³/mol. The minimum absolute atomic E-state index is 0. The Kier molecular flexibility index (Phi) is 18.6. The molecule has 0 bridgehead atoms. The Balaban J connectivity index is -0.000000188. The van der Waals surface area contributed by atoms with Gasteiger partial charge in [-0.15, -0.1) is 68.1 Å². The molecule has 0 nitrogen and oxygen atoms in total. The molecule has 0 aliphatic carbocycles. The number of aryl methyl sites for hydroxylation is 6. The molecule has 162 valence electrons. The molecule has 4 aromatic rings. The van der Waals surface area contributed by atoms with Gasteiger partial charge in [-0.1, -0.05) is 51.0 Å². The van der Waals surface area contributed by atoms with E-state index in [1.807, 2.05) is 0 Å². The van der Waals surface area contributed by atoms with Gasteiger partial charge >= 0.3 is 26.2 Å². The second-order valence-electron chi connectivity index (χ2n) is 7.12. The Morgan fingerprint density at radius 3 is 1.07 bits per heavy atom. The van der Waals surface area contributed by atoms with Crippen LogP contribution in [0.15, 0.2) is 48.5 Å². The SMILES string of the molecule is Cc1cc2c(C)ccc(C)c2[cH-]1.Cc1cc2c(C)ccc(C)c2[cH-]1.[CH3-].[CH3-].[Cl-].[Cl-].[Si].[Zr+2]. The topological polar surface area (TPSA) is 0 Å². The molecule has 4 heteroatoms. The van der Waals surface area contributed by atoms with Crippen LogP contribution in [0, 0.1) is 56.4 Å². The molecule has 4 radical (unpaired) electrons. The zero-order chi connectivity index (χ0) is 17.4. The molecule has 0 aliphatic heterocycles. The number of hydrogen-bond donors (Lipinski definition) is 0. The van der Waals surface area contributed by atoms with Crippen LogP contribution >= 0.6 is 0 Å². The summed E-state index contributed by atoms with van der Waals surface area (Å²) in [5, 5.41) is 5.64. The van der Waals surface area contributed by atoms with Crippen molar-refractivity contribution in [1.29, 1.82) is 0 Å². The Bertz CT molecular complexity index is 867. The van der Waals surface area contributed by atoms with Crippen molar-refractivity contribution in [3.8, 4) is 0 Å². The summed E-state index contributed by atoms with van der Waals surface area (Å²) in [5.41, 5.74) is 8.24. The number of hydrogen-bond acceptors (Lipinski definition) is 0. The van der Waals surface area contributed by atoms with Crippen molar-refractivity contribution in [2.75, 3.05) is 0 Å². The van der Waals surface area contributed by atoms with Gasteiger partial charge in [-0.25, -0.2) is 0 Å². The zero-order valence-corrected chi connectivity index (χ0v) is 24.3. The van der Waals surface area contributed by atoms with Gasteiger partial charge in [-0.3, -0.25) is 0 Å². The van der Waals surface area contributed by atoms with Gasteiger partial charge in [0.1, 0.15) is 0 Å². The van der Waals surface area contributed by atoms with E-state index in [0.717, 1.165) is 0 Å². The minimum Gasteiger partial charge on any atom is -1.00 e. The third-order valence-electron chi connectivity index (χ3n) is 4.93. The zero-order valence-electron chi connectivity index (χ0n) is 19.4. The van der Waals surface area contributed by atoms with E-state index in [1.165, 1.54) is 54.9 Å². The molecule has 0 unspecified atom stereocenters. The maximum Gasteiger partial charge on any atom is 2.00 e. The standard InChI is InChI=1S/2C12H13.2CH3.2ClH.Si.Zr/c2*1-8-6-11-9(2)4-5-10(3)12(11)7-8;;;;;;/h2*4-7H,1-3H3;2*1H3;2*1H;;/q4*-1;;;;+2/p-2. The van der Waals surface area contributed by atoms with Gasteiger partial charge < -0.3 is 39.7 Å². The summed E-state index contributed by atoms with van der Waals surface area (Å²) in [6.45, 7) is 13.0. The summed E-state index contributed by atoms with van der Waals surface area (Å²) < 4.78 is 0. The summed E-state index contributed by atoms with van der Waals surface area (Å²) >= 11 is 0. The first-order valence-electron chi connectivity index (χ1n) is 8.63. The largest absolute Gasteiger partial charge is 2.00 e. The molecule has 0 saturated carbocycles. The molecule has 0 spiro atoms. The van der Waals surface area contributed by atoms with Gasteiger partial charge in [0.15, 0.2) is 0 Å². The molecule has 0 atom stereocenters. The fraction of sp³-hybridized carbons (Fsp3) is 0.231. The van der Waals surface area contributed by atoms with Crippen molar-refractivity contribution < 1.29 is 51.0 Å². The third kappa shape index (κ3) is 7.79. The van der Waals surface area contributed by atoms with Crippen LogP contribution in [-0.2, 0) is 26.2 Å². The number of benzene rings is 2. The van der Waals surface area contributed by atoms with E-state index in [4.69, 9.17) is 0 Å². The summed E-state index contributed by atoms with van der Waals surface area (Å²) in [5.74, 6) is 0. The monoisotopic (exact) mass is 532 g/mol. The van der Waals surface area contributed by atoms with E-state index in [-0.39, 0.29) is 76.8 Å². The first-order chi connectivity index (χ1) is 11.4. The van der Waals surface area contributed by atoms with Crippen molar-refractivity contribution in [2.24, 2.45) is 0 Å². The quantitative estimate of drug-likeness (QED) is 0.237. The van der Waals surface area contributed by atoms with Crippen LogP contribution in [0.4, 0.5) is 0 Å². The molecule has 0 amide bonds. The summed E-state index contributed by atoms with van der Waals surface area (Å²) in [7, 11) is 0. The smallest absolute Gasteiger partial charge is 1.00 e. The Hall–Kier alpha value is -0.660. The van der Waals surface area contributed by atoms with E-state index in [9.17, 15) is 0 Å². The summed E-state index contributed by atoms with van der Waals surface area (Å²) in [4.78, 5) is 0.